The van der Waals surface area contributed by atoms with E-state index in [9.17, 15) is 32.4 Å². The number of sulfonamides is 1. The number of nitrogens with one attached hydrogen (secondary N) is 3. The molecule has 0 radical (unpaired) electrons. The quantitative estimate of drug-likeness (QED) is 0.328. The molecular weight excluding hydrogens is 753 g/mol. The van der Waals surface area contributed by atoms with Crippen LogP contribution < -0.4 is 25.7 Å². The molecule has 7 rings (SSSR count). The molecule has 3 saturated carbocycles. The fourth-order valence-electron chi connectivity index (χ4n) is 9.10. The van der Waals surface area contributed by atoms with Gasteiger partial charge in [0.05, 0.1) is 22.7 Å². The molecule has 2 aromatic rings. The Kier molecular flexibility index (Phi) is 12.3. The van der Waals surface area contributed by atoms with E-state index >= 15 is 0 Å². The highest BCUT2D eigenvalue weighted by Crippen LogP contribution is 2.35. The Morgan fingerprint density at radius 1 is 0.965 bits per heavy atom. The maximum absolute atomic E-state index is 14.8. The third kappa shape index (κ3) is 9.15. The van der Waals surface area contributed by atoms with Crippen molar-refractivity contribution in [1.29, 1.82) is 0 Å². The first-order chi connectivity index (χ1) is 27.3. The van der Waals surface area contributed by atoms with Crippen molar-refractivity contribution in [2.45, 2.75) is 146 Å². The Bertz CT molecular complexity index is 2040. The molecule has 1 saturated heterocycles. The number of rotatable bonds is 8. The second-order valence-electron chi connectivity index (χ2n) is 16.8. The largest absolute Gasteiger partial charge is 0.459 e. The Morgan fingerprint density at radius 2 is 1.68 bits per heavy atom. The molecule has 4 fully saturated rings. The molecule has 5 aliphatic rings. The second-order valence-corrected chi connectivity index (χ2v) is 18.8. The highest BCUT2D eigenvalue weighted by atomic mass is 32.2. The minimum Gasteiger partial charge on any atom is -0.459 e. The van der Waals surface area contributed by atoms with Gasteiger partial charge in [-0.1, -0.05) is 44.7 Å². The predicted molar refractivity (Wildman–Crippen MR) is 212 cm³/mol. The molecule has 310 valence electrons. The van der Waals surface area contributed by atoms with Gasteiger partial charge < -0.3 is 25.0 Å². The van der Waals surface area contributed by atoms with Crippen molar-refractivity contribution in [3.05, 3.63) is 46.8 Å². The van der Waals surface area contributed by atoms with Crippen LogP contribution in [-0.2, 0) is 35.7 Å². The van der Waals surface area contributed by atoms with Gasteiger partial charge in [-0.05, 0) is 94.2 Å². The molecule has 2 aliphatic heterocycles. The Hall–Kier alpha value is -4.47. The summed E-state index contributed by atoms with van der Waals surface area (Å²) in [6, 6.07) is 2.06. The normalized spacial score (nSPS) is 27.5. The zero-order valence-electron chi connectivity index (χ0n) is 33.0. The SMILES string of the molecule is C=C[C@H](C)C(NC(=O)[C@@H]1C[C@@H]2CN1C(=O)[C@H](C1CCCC1)NC(=O)O[C@@H]1CCC[C@H]1CCCCCn1c(nc3cc(C)ccc3c1=O)O2)C(=O)NS(=O)(=O)C1CC1. The van der Waals surface area contributed by atoms with Crippen LogP contribution >= 0.6 is 0 Å². The monoisotopic (exact) mass is 808 g/mol. The highest BCUT2D eigenvalue weighted by Gasteiger charge is 2.47. The topological polar surface area (TPSA) is 195 Å². The van der Waals surface area contributed by atoms with Gasteiger partial charge in [0.2, 0.25) is 21.8 Å². The zero-order chi connectivity index (χ0) is 40.4. The summed E-state index contributed by atoms with van der Waals surface area (Å²) in [5.74, 6) is -2.76. The molecule has 7 atom stereocenters. The number of alkyl carbamates (subject to hydrolysis) is 1. The van der Waals surface area contributed by atoms with Crippen LogP contribution in [0, 0.1) is 24.7 Å². The van der Waals surface area contributed by atoms with Crippen LogP contribution in [0.15, 0.2) is 35.6 Å². The van der Waals surface area contributed by atoms with Crippen molar-refractivity contribution in [1.82, 2.24) is 29.8 Å². The molecule has 57 heavy (non-hydrogen) atoms. The number of fused-ring (bicyclic) bond motifs is 5. The summed E-state index contributed by atoms with van der Waals surface area (Å²) in [4.78, 5) is 76.5. The lowest BCUT2D eigenvalue weighted by molar-refractivity contribution is -0.142. The number of carbonyl (C=O) groups is 4. The first-order valence-electron chi connectivity index (χ1n) is 20.8. The minimum atomic E-state index is -3.93. The molecule has 3 aliphatic carbocycles. The van der Waals surface area contributed by atoms with E-state index < -0.39 is 69.2 Å². The van der Waals surface area contributed by atoms with Gasteiger partial charge in [0, 0.05) is 18.9 Å². The predicted octanol–water partition coefficient (Wildman–Crippen LogP) is 4.00. The maximum atomic E-state index is 14.8. The summed E-state index contributed by atoms with van der Waals surface area (Å²) in [5.41, 5.74) is 1.14. The summed E-state index contributed by atoms with van der Waals surface area (Å²) in [6.45, 7) is 7.58. The molecule has 4 amide bonds. The van der Waals surface area contributed by atoms with Crippen molar-refractivity contribution in [2.24, 2.45) is 17.8 Å². The van der Waals surface area contributed by atoms with Gasteiger partial charge in [0.15, 0.2) is 0 Å². The van der Waals surface area contributed by atoms with Crippen molar-refractivity contribution < 1.29 is 37.1 Å². The number of aromatic nitrogens is 2. The average Bonchev–Trinajstić information content (AvgIpc) is 3.51. The third-order valence-corrected chi connectivity index (χ3v) is 14.4. The van der Waals surface area contributed by atoms with Crippen LogP contribution in [-0.4, -0.2) is 88.8 Å². The van der Waals surface area contributed by atoms with Gasteiger partial charge in [-0.3, -0.25) is 28.5 Å². The summed E-state index contributed by atoms with van der Waals surface area (Å²) in [7, 11) is -3.93. The molecule has 2 bridgehead atoms. The third-order valence-electron chi connectivity index (χ3n) is 12.6. The zero-order valence-corrected chi connectivity index (χ0v) is 33.8. The van der Waals surface area contributed by atoms with E-state index in [4.69, 9.17) is 14.5 Å². The number of hydrogen-bond donors (Lipinski definition) is 3. The minimum absolute atomic E-state index is 0.0257. The lowest BCUT2D eigenvalue weighted by atomic mass is 9.96. The first-order valence-corrected chi connectivity index (χ1v) is 22.3. The van der Waals surface area contributed by atoms with Crippen molar-refractivity contribution in [3.8, 4) is 6.01 Å². The van der Waals surface area contributed by atoms with Crippen molar-refractivity contribution in [2.75, 3.05) is 6.54 Å². The van der Waals surface area contributed by atoms with Crippen LogP contribution in [0.1, 0.15) is 102 Å². The number of carbonyl (C=O) groups excluding carboxylic acids is 4. The van der Waals surface area contributed by atoms with E-state index in [1.165, 1.54) is 15.5 Å². The van der Waals surface area contributed by atoms with Gasteiger partial charge in [-0.15, -0.1) is 6.58 Å². The molecule has 1 aromatic carbocycles. The number of aryl methyl sites for hydroxylation is 1. The van der Waals surface area contributed by atoms with Gasteiger partial charge in [-0.25, -0.2) is 13.2 Å². The lowest BCUT2D eigenvalue weighted by Crippen LogP contribution is -2.59. The lowest BCUT2D eigenvalue weighted by Gasteiger charge is -2.32. The summed E-state index contributed by atoms with van der Waals surface area (Å²) in [5, 5.41) is 5.45. The van der Waals surface area contributed by atoms with E-state index in [1.807, 2.05) is 19.1 Å². The average molecular weight is 809 g/mol. The van der Waals surface area contributed by atoms with E-state index in [2.05, 4.69) is 21.9 Å². The molecule has 3 heterocycles. The second kappa shape index (κ2) is 17.2. The molecular formula is C41H56N6O9S. The Balaban J connectivity index is 1.24. The van der Waals surface area contributed by atoms with E-state index in [-0.39, 0.29) is 42.5 Å². The van der Waals surface area contributed by atoms with E-state index in [0.717, 1.165) is 56.9 Å². The van der Waals surface area contributed by atoms with Crippen LogP contribution in [0.5, 0.6) is 6.01 Å². The van der Waals surface area contributed by atoms with Crippen LogP contribution in [0.4, 0.5) is 4.79 Å². The van der Waals surface area contributed by atoms with E-state index in [1.54, 1.807) is 13.0 Å². The van der Waals surface area contributed by atoms with Gasteiger partial charge in [-0.2, -0.15) is 4.98 Å². The van der Waals surface area contributed by atoms with E-state index in [0.29, 0.717) is 49.6 Å². The summed E-state index contributed by atoms with van der Waals surface area (Å²) >= 11 is 0. The summed E-state index contributed by atoms with van der Waals surface area (Å²) < 4.78 is 41.7. The maximum Gasteiger partial charge on any atom is 0.408 e. The fourth-order valence-corrected chi connectivity index (χ4v) is 10.4. The van der Waals surface area contributed by atoms with Gasteiger partial charge in [0.25, 0.3) is 17.5 Å². The first kappa shape index (κ1) is 40.7. The van der Waals surface area contributed by atoms with Gasteiger partial charge in [0.1, 0.15) is 30.3 Å². The van der Waals surface area contributed by atoms with Crippen molar-refractivity contribution >= 4 is 44.7 Å². The Labute approximate surface area is 333 Å². The smallest absolute Gasteiger partial charge is 0.408 e. The number of benzene rings is 1. The fraction of sp³-hybridized carbons (Fsp3) is 0.659. The van der Waals surface area contributed by atoms with Crippen molar-refractivity contribution in [3.63, 3.8) is 0 Å². The standard InChI is InChI=1S/C41H56N6O9S/c1-4-25(3)34(37(49)45-57(53,54)29-17-18-29)43-36(48)32-22-28-23-47(32)39(51)35(27-12-7-8-13-27)44-41(52)56-33-15-10-14-26(33)11-6-5-9-20-46-38(50)30-19-16-24(2)21-31(30)42-40(46)55-28/h4,16,19,21,25-29,32-35H,1,5-15,17-18,20,22-23H2,2-3H3,(H,43,48)(H,44,52)(H,45,49)/t25-,26+,28+,32-,33+,34?,35-/m0/s1. The molecule has 16 heteroatoms. The van der Waals surface area contributed by atoms with Crippen LogP contribution in [0.3, 0.4) is 0 Å². The Morgan fingerprint density at radius 3 is 2.42 bits per heavy atom. The van der Waals surface area contributed by atoms with Gasteiger partial charge >= 0.3 is 6.09 Å². The number of amides is 4. The summed E-state index contributed by atoms with van der Waals surface area (Å²) in [6.07, 6.45) is 9.67. The molecule has 1 aromatic heterocycles. The number of nitrogens with zero attached hydrogens (tertiary/aromatic N) is 3. The highest BCUT2D eigenvalue weighted by molar-refractivity contribution is 7.90. The molecule has 15 nitrogen and oxygen atoms in total. The number of ether oxygens (including phenoxy) is 2. The van der Waals surface area contributed by atoms with Crippen LogP contribution in [0.2, 0.25) is 0 Å². The number of hydrogen-bond acceptors (Lipinski definition) is 10. The molecule has 0 spiro atoms. The molecule has 3 N–H and O–H groups in total. The molecule has 1 unspecified atom stereocenters. The van der Waals surface area contributed by atoms with Crippen LogP contribution in [0.25, 0.3) is 10.9 Å².